The van der Waals surface area contributed by atoms with Gasteiger partial charge in [-0.25, -0.2) is 0 Å². The largest absolute Gasteiger partial charge is 0.326 e. The fourth-order valence-corrected chi connectivity index (χ4v) is 4.04. The number of hydrogen-bond donors (Lipinski definition) is 2. The Morgan fingerprint density at radius 3 is 2.54 bits per heavy atom. The number of rotatable bonds is 6. The molecule has 2 amide bonds. The fraction of sp³-hybridized carbons (Fsp3) is 0.364. The van der Waals surface area contributed by atoms with Crippen LogP contribution in [-0.4, -0.2) is 42.1 Å². The molecule has 0 aliphatic carbocycles. The van der Waals surface area contributed by atoms with E-state index in [1.54, 1.807) is 11.8 Å². The highest BCUT2D eigenvalue weighted by Gasteiger charge is 2.31. The maximum atomic E-state index is 12.8. The van der Waals surface area contributed by atoms with E-state index in [4.69, 9.17) is 0 Å². The first-order valence-electron chi connectivity index (χ1n) is 9.62. The van der Waals surface area contributed by atoms with Crippen molar-refractivity contribution < 1.29 is 9.59 Å². The molecule has 2 aromatic rings. The van der Waals surface area contributed by atoms with Crippen LogP contribution < -0.4 is 10.6 Å². The molecule has 1 fully saturated rings. The third-order valence-corrected chi connectivity index (χ3v) is 5.95. The van der Waals surface area contributed by atoms with Gasteiger partial charge in [0, 0.05) is 17.1 Å². The van der Waals surface area contributed by atoms with Crippen LogP contribution in [0.3, 0.4) is 0 Å². The summed E-state index contributed by atoms with van der Waals surface area (Å²) in [6.45, 7) is 3.33. The van der Waals surface area contributed by atoms with Crippen LogP contribution in [0.5, 0.6) is 0 Å². The molecule has 28 heavy (non-hydrogen) atoms. The second-order valence-electron chi connectivity index (χ2n) is 7.05. The van der Waals surface area contributed by atoms with Crippen molar-refractivity contribution in [2.75, 3.05) is 30.0 Å². The molecule has 6 heteroatoms. The highest BCUT2D eigenvalue weighted by Crippen LogP contribution is 2.26. The average molecular weight is 398 g/mol. The third-order valence-electron chi connectivity index (χ3n) is 5.16. The number of nitrogens with zero attached hydrogens (tertiary/aromatic N) is 1. The molecule has 0 radical (unpaired) electrons. The summed E-state index contributed by atoms with van der Waals surface area (Å²) < 4.78 is 0. The summed E-state index contributed by atoms with van der Waals surface area (Å²) in [5, 5.41) is 6.03. The van der Waals surface area contributed by atoms with Crippen molar-refractivity contribution in [3.05, 3.63) is 54.6 Å². The molecule has 5 nitrogen and oxygen atoms in total. The summed E-state index contributed by atoms with van der Waals surface area (Å²) in [5.41, 5.74) is 1.64. The molecule has 0 aromatic heterocycles. The second kappa shape index (κ2) is 9.75. The van der Waals surface area contributed by atoms with E-state index in [0.717, 1.165) is 35.7 Å². The van der Waals surface area contributed by atoms with E-state index in [0.29, 0.717) is 6.54 Å². The minimum Gasteiger partial charge on any atom is -0.326 e. The Kier molecular flexibility index (Phi) is 7.12. The van der Waals surface area contributed by atoms with Crippen molar-refractivity contribution in [1.82, 2.24) is 4.90 Å². The first kappa shape index (κ1) is 20.4. The number of benzene rings is 2. The van der Waals surface area contributed by atoms with Crippen LogP contribution in [-0.2, 0) is 9.59 Å². The summed E-state index contributed by atoms with van der Waals surface area (Å²) in [6, 6.07) is 17.0. The lowest BCUT2D eigenvalue weighted by molar-refractivity contribution is -0.125. The summed E-state index contributed by atoms with van der Waals surface area (Å²) in [4.78, 5) is 28.6. The number of thioether (sulfide) groups is 1. The number of carbonyl (C=O) groups excluding carboxylic acids is 2. The van der Waals surface area contributed by atoms with Gasteiger partial charge in [-0.2, -0.15) is 0 Å². The quantitative estimate of drug-likeness (QED) is 0.721. The third kappa shape index (κ3) is 5.14. The molecule has 1 saturated heterocycles. The molecule has 1 aliphatic heterocycles. The van der Waals surface area contributed by atoms with Gasteiger partial charge in [0.05, 0.1) is 17.6 Å². The van der Waals surface area contributed by atoms with E-state index in [1.807, 2.05) is 67.8 Å². The average Bonchev–Trinajstić information content (AvgIpc) is 2.74. The second-order valence-corrected chi connectivity index (χ2v) is 7.90. The molecule has 148 valence electrons. The minimum absolute atomic E-state index is 0.0243. The van der Waals surface area contributed by atoms with E-state index in [2.05, 4.69) is 15.5 Å². The Hall–Kier alpha value is -2.31. The van der Waals surface area contributed by atoms with Crippen LogP contribution in [0.2, 0.25) is 0 Å². The van der Waals surface area contributed by atoms with Gasteiger partial charge in [-0.15, -0.1) is 11.8 Å². The molecule has 2 aromatic carbocycles. The van der Waals surface area contributed by atoms with E-state index in [9.17, 15) is 9.59 Å². The van der Waals surface area contributed by atoms with Gasteiger partial charge in [0.1, 0.15) is 0 Å². The fourth-order valence-electron chi connectivity index (χ4n) is 3.49. The first-order valence-corrected chi connectivity index (χ1v) is 10.8. The summed E-state index contributed by atoms with van der Waals surface area (Å²) in [7, 11) is 0. The lowest BCUT2D eigenvalue weighted by atomic mass is 9.95. The predicted octanol–water partition coefficient (Wildman–Crippen LogP) is 4.09. The molecule has 2 atom stereocenters. The maximum absolute atomic E-state index is 12.8. The van der Waals surface area contributed by atoms with Gasteiger partial charge in [-0.3, -0.25) is 14.5 Å². The van der Waals surface area contributed by atoms with Crippen LogP contribution in [0.4, 0.5) is 11.4 Å². The predicted molar refractivity (Wildman–Crippen MR) is 116 cm³/mol. The molecule has 0 bridgehead atoms. The SMILES string of the molecule is CSc1ccccc1NC(=O)[C@@H](C)N1CCC[C@H](C(=O)Nc2ccccc2)C1. The van der Waals surface area contributed by atoms with E-state index < -0.39 is 0 Å². The van der Waals surface area contributed by atoms with Crippen molar-refractivity contribution in [2.45, 2.75) is 30.7 Å². The zero-order valence-electron chi connectivity index (χ0n) is 16.4. The van der Waals surface area contributed by atoms with E-state index in [1.165, 1.54) is 0 Å². The standard InChI is InChI=1S/C22H27N3O2S/c1-16(21(26)24-19-12-6-7-13-20(19)28-2)25-14-8-9-17(15-25)22(27)23-18-10-4-3-5-11-18/h3-7,10-13,16-17H,8-9,14-15H2,1-2H3,(H,23,27)(H,24,26)/t16-,17+/m1/s1. The zero-order chi connectivity index (χ0) is 19.9. The number of likely N-dealkylation sites (tertiary alicyclic amines) is 1. The molecule has 0 spiro atoms. The Morgan fingerprint density at radius 2 is 1.79 bits per heavy atom. The van der Waals surface area contributed by atoms with Crippen LogP contribution in [0.25, 0.3) is 0 Å². The topological polar surface area (TPSA) is 61.4 Å². The molecule has 3 rings (SSSR count). The zero-order valence-corrected chi connectivity index (χ0v) is 17.2. The van der Waals surface area contributed by atoms with Crippen LogP contribution in [0, 0.1) is 5.92 Å². The van der Waals surface area contributed by atoms with Gasteiger partial charge in [0.2, 0.25) is 11.8 Å². The maximum Gasteiger partial charge on any atom is 0.241 e. The van der Waals surface area contributed by atoms with Gasteiger partial charge in [-0.05, 0) is 56.8 Å². The molecule has 0 unspecified atom stereocenters. The van der Waals surface area contributed by atoms with Crippen molar-refractivity contribution in [3.63, 3.8) is 0 Å². The van der Waals surface area contributed by atoms with Gasteiger partial charge in [0.15, 0.2) is 0 Å². The number of para-hydroxylation sites is 2. The highest BCUT2D eigenvalue weighted by atomic mass is 32.2. The van der Waals surface area contributed by atoms with E-state index >= 15 is 0 Å². The Bertz CT molecular complexity index is 812. The number of amides is 2. The Morgan fingerprint density at radius 1 is 1.07 bits per heavy atom. The molecule has 0 saturated carbocycles. The van der Waals surface area contributed by atoms with Gasteiger partial charge in [0.25, 0.3) is 0 Å². The van der Waals surface area contributed by atoms with Gasteiger partial charge in [-0.1, -0.05) is 30.3 Å². The van der Waals surface area contributed by atoms with Crippen LogP contribution in [0.1, 0.15) is 19.8 Å². The van der Waals surface area contributed by atoms with Gasteiger partial charge >= 0.3 is 0 Å². The lowest BCUT2D eigenvalue weighted by Crippen LogP contribution is -2.49. The van der Waals surface area contributed by atoms with Crippen molar-refractivity contribution in [1.29, 1.82) is 0 Å². The summed E-state index contributed by atoms with van der Waals surface area (Å²) in [6.07, 6.45) is 3.75. The number of nitrogens with one attached hydrogen (secondary N) is 2. The summed E-state index contributed by atoms with van der Waals surface area (Å²) >= 11 is 1.61. The Labute approximate surface area is 170 Å². The van der Waals surface area contributed by atoms with Crippen molar-refractivity contribution in [3.8, 4) is 0 Å². The highest BCUT2D eigenvalue weighted by molar-refractivity contribution is 7.98. The molecule has 2 N–H and O–H groups in total. The molecular formula is C22H27N3O2S. The molecular weight excluding hydrogens is 370 g/mol. The number of piperidine rings is 1. The Balaban J connectivity index is 1.59. The minimum atomic E-state index is -0.290. The van der Waals surface area contributed by atoms with E-state index in [-0.39, 0.29) is 23.8 Å². The number of anilines is 2. The van der Waals surface area contributed by atoms with Crippen molar-refractivity contribution in [2.24, 2.45) is 5.92 Å². The van der Waals surface area contributed by atoms with Crippen molar-refractivity contribution >= 4 is 35.0 Å². The molecule has 1 heterocycles. The van der Waals surface area contributed by atoms with Crippen LogP contribution in [0.15, 0.2) is 59.5 Å². The number of hydrogen-bond acceptors (Lipinski definition) is 4. The smallest absolute Gasteiger partial charge is 0.241 e. The molecule has 1 aliphatic rings. The first-order chi connectivity index (χ1) is 13.6. The number of carbonyl (C=O) groups is 2. The summed E-state index contributed by atoms with van der Waals surface area (Å²) in [5.74, 6) is -0.121. The normalized spacial score (nSPS) is 18.3. The van der Waals surface area contributed by atoms with Crippen LogP contribution >= 0.6 is 11.8 Å². The van der Waals surface area contributed by atoms with Gasteiger partial charge < -0.3 is 10.6 Å². The lowest BCUT2D eigenvalue weighted by Gasteiger charge is -2.35. The monoisotopic (exact) mass is 397 g/mol.